The molecule has 0 fully saturated rings. The van der Waals surface area contributed by atoms with Crippen molar-refractivity contribution in [2.24, 2.45) is 0 Å². The molecule has 0 aromatic carbocycles. The van der Waals surface area contributed by atoms with Crippen LogP contribution < -0.4 is 0 Å². The van der Waals surface area contributed by atoms with Crippen LogP contribution in [0.1, 0.15) is 11.3 Å². The minimum Gasteiger partial charge on any atom is -0.335 e. The summed E-state index contributed by atoms with van der Waals surface area (Å²) in [4.78, 5) is 3.12. The van der Waals surface area contributed by atoms with Gasteiger partial charge in [0.15, 0.2) is 4.77 Å². The zero-order valence-corrected chi connectivity index (χ0v) is 9.62. The molecule has 0 spiro atoms. The van der Waals surface area contributed by atoms with Gasteiger partial charge in [-0.3, -0.25) is 0 Å². The van der Waals surface area contributed by atoms with E-state index in [1.165, 1.54) is 5.56 Å². The number of hydrogen-bond acceptors (Lipinski definition) is 2. The number of thiophene rings is 1. The van der Waals surface area contributed by atoms with Gasteiger partial charge in [-0.2, -0.15) is 11.3 Å². The van der Waals surface area contributed by atoms with Crippen molar-refractivity contribution in [3.05, 3.63) is 39.1 Å². The van der Waals surface area contributed by atoms with E-state index in [0.29, 0.717) is 0 Å². The number of H-pyrrole nitrogens is 1. The summed E-state index contributed by atoms with van der Waals surface area (Å²) in [7, 11) is 0. The van der Waals surface area contributed by atoms with Crippen LogP contribution in [0, 0.1) is 11.7 Å². The Morgan fingerprint density at radius 3 is 3.00 bits per heavy atom. The number of aromatic amines is 1. The summed E-state index contributed by atoms with van der Waals surface area (Å²) < 4.78 is 2.90. The van der Waals surface area contributed by atoms with Crippen LogP contribution in [0.3, 0.4) is 0 Å². The molecule has 0 radical (unpaired) electrons. The van der Waals surface area contributed by atoms with Crippen LogP contribution in [0.2, 0.25) is 0 Å². The first-order chi connectivity index (χ1) is 6.75. The van der Waals surface area contributed by atoms with E-state index in [-0.39, 0.29) is 0 Å². The monoisotopic (exact) mass is 224 g/mol. The predicted molar refractivity (Wildman–Crippen MR) is 62.4 cm³/mol. The summed E-state index contributed by atoms with van der Waals surface area (Å²) in [5, 5.41) is 4.29. The Labute approximate surface area is 92.2 Å². The molecule has 2 rings (SSSR count). The first kappa shape index (κ1) is 9.68. The third-order valence-electron chi connectivity index (χ3n) is 2.14. The molecule has 0 amide bonds. The van der Waals surface area contributed by atoms with Crippen LogP contribution in [0.25, 0.3) is 0 Å². The Balaban J connectivity index is 2.05. The van der Waals surface area contributed by atoms with Crippen molar-refractivity contribution in [1.82, 2.24) is 9.55 Å². The van der Waals surface area contributed by atoms with Gasteiger partial charge in [-0.25, -0.2) is 0 Å². The molecule has 0 atom stereocenters. The van der Waals surface area contributed by atoms with Crippen LogP contribution in [-0.4, -0.2) is 9.55 Å². The van der Waals surface area contributed by atoms with Crippen molar-refractivity contribution < 1.29 is 0 Å². The molecule has 2 heterocycles. The molecular formula is C10H12N2S2. The molecule has 0 unspecified atom stereocenters. The number of imidazole rings is 1. The number of nitrogens with zero attached hydrogens (tertiary/aromatic N) is 1. The Bertz CT molecular complexity index is 451. The van der Waals surface area contributed by atoms with Crippen molar-refractivity contribution in [3.63, 3.8) is 0 Å². The van der Waals surface area contributed by atoms with Gasteiger partial charge in [0.05, 0.1) is 0 Å². The summed E-state index contributed by atoms with van der Waals surface area (Å²) in [5.41, 5.74) is 2.51. The minimum atomic E-state index is 0.817. The maximum Gasteiger partial charge on any atom is 0.177 e. The second-order valence-corrected chi connectivity index (χ2v) is 4.48. The average molecular weight is 224 g/mol. The maximum absolute atomic E-state index is 5.18. The van der Waals surface area contributed by atoms with E-state index < -0.39 is 0 Å². The molecule has 14 heavy (non-hydrogen) atoms. The summed E-state index contributed by atoms with van der Waals surface area (Å²) in [6.07, 6.45) is 3.11. The lowest BCUT2D eigenvalue weighted by atomic mass is 10.2. The van der Waals surface area contributed by atoms with Crippen molar-refractivity contribution in [2.75, 3.05) is 0 Å². The van der Waals surface area contributed by atoms with Gasteiger partial charge >= 0.3 is 0 Å². The highest BCUT2D eigenvalue weighted by Crippen LogP contribution is 2.08. The topological polar surface area (TPSA) is 20.7 Å². The summed E-state index contributed by atoms with van der Waals surface area (Å²) >= 11 is 6.92. The van der Waals surface area contributed by atoms with Gasteiger partial charge in [-0.05, 0) is 48.0 Å². The Hall–Kier alpha value is -0.870. The highest BCUT2D eigenvalue weighted by Gasteiger charge is 1.97. The molecule has 0 saturated heterocycles. The Kier molecular flexibility index (Phi) is 2.84. The van der Waals surface area contributed by atoms with Crippen LogP contribution in [-0.2, 0) is 13.0 Å². The molecule has 0 saturated carbocycles. The third-order valence-corrected chi connectivity index (χ3v) is 3.20. The molecule has 0 aliphatic carbocycles. The van der Waals surface area contributed by atoms with Crippen LogP contribution in [0.15, 0.2) is 23.0 Å². The number of aryl methyl sites for hydroxylation is 3. The fraction of sp³-hybridized carbons (Fsp3) is 0.300. The Morgan fingerprint density at radius 1 is 1.57 bits per heavy atom. The first-order valence-corrected chi connectivity index (χ1v) is 5.88. The van der Waals surface area contributed by atoms with E-state index in [4.69, 9.17) is 12.2 Å². The summed E-state index contributed by atoms with van der Waals surface area (Å²) in [6, 6.07) is 2.16. The van der Waals surface area contributed by atoms with E-state index in [1.54, 1.807) is 11.3 Å². The number of nitrogens with one attached hydrogen (secondary N) is 1. The molecule has 0 aliphatic heterocycles. The van der Waals surface area contributed by atoms with E-state index >= 15 is 0 Å². The zero-order chi connectivity index (χ0) is 9.97. The normalized spacial score (nSPS) is 10.6. The molecule has 4 heteroatoms. The molecular weight excluding hydrogens is 212 g/mol. The third kappa shape index (κ3) is 2.13. The fourth-order valence-corrected chi connectivity index (χ4v) is 2.42. The number of rotatable bonds is 3. The smallest absolute Gasteiger partial charge is 0.177 e. The molecule has 2 nitrogen and oxygen atoms in total. The van der Waals surface area contributed by atoms with Gasteiger partial charge in [0.1, 0.15) is 0 Å². The van der Waals surface area contributed by atoms with Gasteiger partial charge in [-0.1, -0.05) is 0 Å². The Morgan fingerprint density at radius 2 is 2.43 bits per heavy atom. The van der Waals surface area contributed by atoms with Crippen molar-refractivity contribution >= 4 is 23.6 Å². The molecule has 74 valence electrons. The largest absolute Gasteiger partial charge is 0.335 e. The minimum absolute atomic E-state index is 0.817. The summed E-state index contributed by atoms with van der Waals surface area (Å²) in [6.45, 7) is 2.98. The highest BCUT2D eigenvalue weighted by atomic mass is 32.1. The van der Waals surface area contributed by atoms with Gasteiger partial charge in [0.25, 0.3) is 0 Å². The van der Waals surface area contributed by atoms with Crippen LogP contribution >= 0.6 is 23.6 Å². The van der Waals surface area contributed by atoms with Crippen LogP contribution in [0.4, 0.5) is 0 Å². The SMILES string of the molecule is Cc1cn(CCc2ccsc2)c(=S)[nH]1. The number of aromatic nitrogens is 2. The first-order valence-electron chi connectivity index (χ1n) is 4.53. The van der Waals surface area contributed by atoms with Gasteiger partial charge in [0.2, 0.25) is 0 Å². The molecule has 1 N–H and O–H groups in total. The molecule has 0 aliphatic rings. The lowest BCUT2D eigenvalue weighted by Gasteiger charge is -1.99. The lowest BCUT2D eigenvalue weighted by Crippen LogP contribution is -1.98. The zero-order valence-electron chi connectivity index (χ0n) is 7.99. The second-order valence-electron chi connectivity index (χ2n) is 3.32. The van der Waals surface area contributed by atoms with Gasteiger partial charge in [-0.15, -0.1) is 0 Å². The molecule has 2 aromatic rings. The van der Waals surface area contributed by atoms with E-state index in [9.17, 15) is 0 Å². The van der Waals surface area contributed by atoms with Crippen LogP contribution in [0.5, 0.6) is 0 Å². The lowest BCUT2D eigenvalue weighted by molar-refractivity contribution is 0.687. The second kappa shape index (κ2) is 4.11. The molecule has 0 bridgehead atoms. The quantitative estimate of drug-likeness (QED) is 0.794. The predicted octanol–water partition coefficient (Wildman–Crippen LogP) is 3.16. The summed E-state index contributed by atoms with van der Waals surface area (Å²) in [5.74, 6) is 0. The van der Waals surface area contributed by atoms with E-state index in [0.717, 1.165) is 23.4 Å². The fourth-order valence-electron chi connectivity index (χ4n) is 1.42. The average Bonchev–Trinajstić information content (AvgIpc) is 2.72. The van der Waals surface area contributed by atoms with Gasteiger partial charge < -0.3 is 9.55 Å². The van der Waals surface area contributed by atoms with Crippen molar-refractivity contribution in [1.29, 1.82) is 0 Å². The highest BCUT2D eigenvalue weighted by molar-refractivity contribution is 7.71. The van der Waals surface area contributed by atoms with E-state index in [1.807, 2.05) is 6.92 Å². The maximum atomic E-state index is 5.18. The van der Waals surface area contributed by atoms with Gasteiger partial charge in [0, 0.05) is 18.4 Å². The van der Waals surface area contributed by atoms with E-state index in [2.05, 4.69) is 32.6 Å². The number of hydrogen-bond donors (Lipinski definition) is 1. The standard InChI is InChI=1S/C10H12N2S2/c1-8-6-12(10(13)11-8)4-2-9-3-5-14-7-9/h3,5-7H,2,4H2,1H3,(H,11,13). The molecule has 2 aromatic heterocycles. The van der Waals surface area contributed by atoms with Crippen molar-refractivity contribution in [2.45, 2.75) is 19.9 Å². The van der Waals surface area contributed by atoms with Crippen molar-refractivity contribution in [3.8, 4) is 0 Å².